The fourth-order valence-electron chi connectivity index (χ4n) is 3.34. The number of benzene rings is 2. The third-order valence-electron chi connectivity index (χ3n) is 5.00. The van der Waals surface area contributed by atoms with Crippen LogP contribution in [0.5, 0.6) is 5.75 Å². The van der Waals surface area contributed by atoms with E-state index in [1.54, 1.807) is 36.4 Å². The topological polar surface area (TPSA) is 75.7 Å². The minimum atomic E-state index is -3.47. The first-order valence-electron chi connectivity index (χ1n) is 9.54. The van der Waals surface area contributed by atoms with E-state index in [1.807, 2.05) is 6.92 Å². The van der Waals surface area contributed by atoms with Crippen LogP contribution in [0.1, 0.15) is 30.4 Å². The van der Waals surface area contributed by atoms with Gasteiger partial charge in [0.2, 0.25) is 15.9 Å². The minimum Gasteiger partial charge on any atom is -0.495 e. The van der Waals surface area contributed by atoms with Crippen molar-refractivity contribution in [3.8, 4) is 5.75 Å². The number of nitrogens with one attached hydrogen (secondary N) is 1. The zero-order valence-corrected chi connectivity index (χ0v) is 18.1. The first-order valence-corrected chi connectivity index (χ1v) is 11.4. The lowest BCUT2D eigenvalue weighted by molar-refractivity contribution is -0.115. The SMILES string of the molecule is COc1cc(Cl)c(C)cc1NC(=O)Cc1ccc(S(=O)(=O)N2CCCCC2)cc1. The van der Waals surface area contributed by atoms with Gasteiger partial charge in [0.05, 0.1) is 24.1 Å². The molecule has 2 aromatic carbocycles. The van der Waals surface area contributed by atoms with Gasteiger partial charge in [0, 0.05) is 24.2 Å². The fourth-order valence-corrected chi connectivity index (χ4v) is 5.01. The number of methoxy groups -OCH3 is 1. The maximum absolute atomic E-state index is 12.7. The number of carbonyl (C=O) groups is 1. The summed E-state index contributed by atoms with van der Waals surface area (Å²) in [5, 5.41) is 3.39. The summed E-state index contributed by atoms with van der Waals surface area (Å²) in [4.78, 5) is 12.7. The van der Waals surface area contributed by atoms with Crippen LogP contribution in [0.25, 0.3) is 0 Å². The lowest BCUT2D eigenvalue weighted by Crippen LogP contribution is -2.35. The van der Waals surface area contributed by atoms with Crippen molar-refractivity contribution >= 4 is 33.2 Å². The highest BCUT2D eigenvalue weighted by atomic mass is 35.5. The molecule has 2 aromatic rings. The van der Waals surface area contributed by atoms with E-state index in [-0.39, 0.29) is 17.2 Å². The molecule has 1 saturated heterocycles. The predicted octanol–water partition coefficient (Wildman–Crippen LogP) is 4.01. The Balaban J connectivity index is 1.68. The number of halogens is 1. The highest BCUT2D eigenvalue weighted by Crippen LogP contribution is 2.31. The molecule has 1 N–H and O–H groups in total. The summed E-state index contributed by atoms with van der Waals surface area (Å²) in [5.41, 5.74) is 2.10. The Morgan fingerprint density at radius 3 is 2.41 bits per heavy atom. The van der Waals surface area contributed by atoms with Crippen LogP contribution >= 0.6 is 11.6 Å². The summed E-state index contributed by atoms with van der Waals surface area (Å²) in [7, 11) is -1.96. The average molecular weight is 437 g/mol. The predicted molar refractivity (Wildman–Crippen MR) is 114 cm³/mol. The fraction of sp³-hybridized carbons (Fsp3) is 0.381. The number of rotatable bonds is 6. The molecule has 8 heteroatoms. The first kappa shape index (κ1) is 21.6. The maximum atomic E-state index is 12.7. The zero-order valence-electron chi connectivity index (χ0n) is 16.6. The number of carbonyl (C=O) groups excluding carboxylic acids is 1. The van der Waals surface area contributed by atoms with Crippen LogP contribution in [-0.2, 0) is 21.2 Å². The van der Waals surface area contributed by atoms with Crippen LogP contribution < -0.4 is 10.1 Å². The van der Waals surface area contributed by atoms with Gasteiger partial charge in [-0.1, -0.05) is 30.2 Å². The lowest BCUT2D eigenvalue weighted by atomic mass is 10.1. The number of hydrogen-bond acceptors (Lipinski definition) is 4. The van der Waals surface area contributed by atoms with Gasteiger partial charge in [0.25, 0.3) is 0 Å². The summed E-state index contributed by atoms with van der Waals surface area (Å²) in [6, 6.07) is 9.92. The summed E-state index contributed by atoms with van der Waals surface area (Å²) in [6.07, 6.45) is 2.98. The molecule has 1 aliphatic heterocycles. The normalized spacial score (nSPS) is 15.1. The van der Waals surface area contributed by atoms with Crippen molar-refractivity contribution in [3.05, 3.63) is 52.5 Å². The Morgan fingerprint density at radius 1 is 1.14 bits per heavy atom. The Bertz CT molecular complexity index is 984. The van der Waals surface area contributed by atoms with Crippen LogP contribution in [0.15, 0.2) is 41.3 Å². The second kappa shape index (κ2) is 9.15. The smallest absolute Gasteiger partial charge is 0.243 e. The summed E-state index contributed by atoms with van der Waals surface area (Å²) >= 11 is 6.09. The molecule has 3 rings (SSSR count). The van der Waals surface area contributed by atoms with Gasteiger partial charge in [0.15, 0.2) is 0 Å². The van der Waals surface area contributed by atoms with Gasteiger partial charge >= 0.3 is 0 Å². The number of sulfonamides is 1. The molecular weight excluding hydrogens is 412 g/mol. The molecule has 1 fully saturated rings. The van der Waals surface area contributed by atoms with E-state index in [9.17, 15) is 13.2 Å². The number of aryl methyl sites for hydroxylation is 1. The molecule has 1 heterocycles. The van der Waals surface area contributed by atoms with Crippen molar-refractivity contribution in [1.29, 1.82) is 0 Å². The van der Waals surface area contributed by atoms with Crippen LogP contribution in [0, 0.1) is 6.92 Å². The number of piperidine rings is 1. The molecule has 0 unspecified atom stereocenters. The van der Waals surface area contributed by atoms with Crippen molar-refractivity contribution in [3.63, 3.8) is 0 Å². The van der Waals surface area contributed by atoms with Gasteiger partial charge in [-0.15, -0.1) is 0 Å². The number of ether oxygens (including phenoxy) is 1. The largest absolute Gasteiger partial charge is 0.495 e. The molecule has 1 amide bonds. The van der Waals surface area contributed by atoms with Gasteiger partial charge < -0.3 is 10.1 Å². The highest BCUT2D eigenvalue weighted by Gasteiger charge is 2.25. The van der Waals surface area contributed by atoms with Gasteiger partial charge in [-0.3, -0.25) is 4.79 Å². The van der Waals surface area contributed by atoms with Gasteiger partial charge in [-0.25, -0.2) is 8.42 Å². The second-order valence-electron chi connectivity index (χ2n) is 7.14. The number of amides is 1. The van der Waals surface area contributed by atoms with E-state index in [0.29, 0.717) is 29.5 Å². The van der Waals surface area contributed by atoms with Crippen molar-refractivity contribution in [2.45, 2.75) is 37.5 Å². The monoisotopic (exact) mass is 436 g/mol. The molecule has 1 aliphatic rings. The maximum Gasteiger partial charge on any atom is 0.243 e. The molecule has 0 spiro atoms. The molecule has 0 atom stereocenters. The average Bonchev–Trinajstić information content (AvgIpc) is 2.71. The van der Waals surface area contributed by atoms with Crippen LogP contribution in [0.3, 0.4) is 0 Å². The third kappa shape index (κ3) is 5.10. The molecule has 0 radical (unpaired) electrons. The molecule has 29 heavy (non-hydrogen) atoms. The van der Waals surface area contributed by atoms with E-state index in [4.69, 9.17) is 16.3 Å². The van der Waals surface area contributed by atoms with Gasteiger partial charge in [-0.2, -0.15) is 4.31 Å². The van der Waals surface area contributed by atoms with Crippen molar-refractivity contribution in [2.24, 2.45) is 0 Å². The van der Waals surface area contributed by atoms with E-state index in [0.717, 1.165) is 30.4 Å². The molecule has 156 valence electrons. The second-order valence-corrected chi connectivity index (χ2v) is 9.48. The molecule has 0 aromatic heterocycles. The number of anilines is 1. The Labute approximate surface area is 176 Å². The van der Waals surface area contributed by atoms with E-state index < -0.39 is 10.0 Å². The van der Waals surface area contributed by atoms with E-state index in [1.165, 1.54) is 11.4 Å². The van der Waals surface area contributed by atoms with E-state index >= 15 is 0 Å². The quantitative estimate of drug-likeness (QED) is 0.742. The standard InChI is InChI=1S/C21H25ClN2O4S/c1-15-12-19(20(28-2)14-18(15)22)23-21(25)13-16-6-8-17(9-7-16)29(26,27)24-10-4-3-5-11-24/h6-9,12,14H,3-5,10-11,13H2,1-2H3,(H,23,25). The summed E-state index contributed by atoms with van der Waals surface area (Å²) in [5.74, 6) is 0.258. The van der Waals surface area contributed by atoms with Crippen molar-refractivity contribution in [2.75, 3.05) is 25.5 Å². The number of nitrogens with zero attached hydrogens (tertiary/aromatic N) is 1. The van der Waals surface area contributed by atoms with Crippen molar-refractivity contribution < 1.29 is 17.9 Å². The van der Waals surface area contributed by atoms with Gasteiger partial charge in [0.1, 0.15) is 5.75 Å². The Hall–Kier alpha value is -2.09. The molecule has 6 nitrogen and oxygen atoms in total. The number of hydrogen-bond donors (Lipinski definition) is 1. The summed E-state index contributed by atoms with van der Waals surface area (Å²) < 4.78 is 32.2. The first-order chi connectivity index (χ1) is 13.8. The van der Waals surface area contributed by atoms with Crippen molar-refractivity contribution in [1.82, 2.24) is 4.31 Å². The zero-order chi connectivity index (χ0) is 21.0. The highest BCUT2D eigenvalue weighted by molar-refractivity contribution is 7.89. The lowest BCUT2D eigenvalue weighted by Gasteiger charge is -2.25. The molecule has 0 saturated carbocycles. The van der Waals surface area contributed by atoms with Gasteiger partial charge in [-0.05, 0) is 49.1 Å². The summed E-state index contributed by atoms with van der Waals surface area (Å²) in [6.45, 7) is 2.97. The van der Waals surface area contributed by atoms with Crippen LogP contribution in [0.2, 0.25) is 5.02 Å². The molecule has 0 aliphatic carbocycles. The van der Waals surface area contributed by atoms with E-state index in [2.05, 4.69) is 5.32 Å². The Kier molecular flexibility index (Phi) is 6.82. The van der Waals surface area contributed by atoms with Crippen LogP contribution in [0.4, 0.5) is 5.69 Å². The van der Waals surface area contributed by atoms with Crippen LogP contribution in [-0.4, -0.2) is 38.8 Å². The molecule has 0 bridgehead atoms. The Morgan fingerprint density at radius 2 is 1.79 bits per heavy atom. The third-order valence-corrected chi connectivity index (χ3v) is 7.32. The minimum absolute atomic E-state index is 0.120. The molecular formula is C21H25ClN2O4S.